The Hall–Kier alpha value is -1.96. The summed E-state index contributed by atoms with van der Waals surface area (Å²) in [5, 5.41) is 0. The van der Waals surface area contributed by atoms with Gasteiger partial charge in [0.05, 0.1) is 7.11 Å². The van der Waals surface area contributed by atoms with Crippen LogP contribution in [0.5, 0.6) is 0 Å². The van der Waals surface area contributed by atoms with Crippen molar-refractivity contribution in [3.63, 3.8) is 0 Å². The number of rotatable bonds is 6. The highest BCUT2D eigenvalue weighted by Gasteiger charge is 2.04. The molecule has 0 spiro atoms. The lowest BCUT2D eigenvalue weighted by Gasteiger charge is -2.12. The number of benzene rings is 1. The van der Waals surface area contributed by atoms with Crippen LogP contribution in [0.15, 0.2) is 66.7 Å². The fourth-order valence-electron chi connectivity index (χ4n) is 1.26. The molecule has 0 aliphatic heterocycles. The molecule has 1 rings (SSSR count). The average molecular weight is 230 g/mol. The van der Waals surface area contributed by atoms with Crippen LogP contribution in [0.1, 0.15) is 12.5 Å². The summed E-state index contributed by atoms with van der Waals surface area (Å²) in [7, 11) is 1.57. The molecule has 1 aromatic carbocycles. The van der Waals surface area contributed by atoms with Crippen LogP contribution in [0.3, 0.4) is 0 Å². The van der Waals surface area contributed by atoms with Crippen molar-refractivity contribution in [1.29, 1.82) is 0 Å². The highest BCUT2D eigenvalue weighted by Crippen LogP contribution is 2.15. The third-order valence-corrected chi connectivity index (χ3v) is 2.14. The van der Waals surface area contributed by atoms with Crippen LogP contribution in [0, 0.1) is 0 Å². The molecule has 2 nitrogen and oxygen atoms in total. The van der Waals surface area contributed by atoms with Crippen molar-refractivity contribution in [2.24, 2.45) is 0 Å². The van der Waals surface area contributed by atoms with E-state index < -0.39 is 0 Å². The van der Waals surface area contributed by atoms with Gasteiger partial charge in [0, 0.05) is 0 Å². The van der Waals surface area contributed by atoms with Crippen LogP contribution >= 0.6 is 0 Å². The van der Waals surface area contributed by atoms with Crippen LogP contribution in [0.25, 0.3) is 0 Å². The monoisotopic (exact) mass is 230 g/mol. The molecule has 0 bridgehead atoms. The fourth-order valence-corrected chi connectivity index (χ4v) is 1.26. The fraction of sp³-hybridized carbons (Fsp3) is 0.200. The molecule has 0 unspecified atom stereocenters. The first-order valence-corrected chi connectivity index (χ1v) is 5.40. The van der Waals surface area contributed by atoms with E-state index in [-0.39, 0.29) is 0 Å². The maximum Gasteiger partial charge on any atom is 0.161 e. The van der Waals surface area contributed by atoms with Gasteiger partial charge in [-0.1, -0.05) is 49.1 Å². The van der Waals surface area contributed by atoms with Gasteiger partial charge in [-0.15, -0.1) is 0 Å². The van der Waals surface area contributed by atoms with Crippen LogP contribution in [-0.2, 0) is 16.1 Å². The topological polar surface area (TPSA) is 18.5 Å². The highest BCUT2D eigenvalue weighted by atomic mass is 16.5. The number of hydrogen-bond donors (Lipinski definition) is 0. The Kier molecular flexibility index (Phi) is 5.08. The van der Waals surface area contributed by atoms with E-state index >= 15 is 0 Å². The van der Waals surface area contributed by atoms with Crippen LogP contribution in [0.4, 0.5) is 0 Å². The van der Waals surface area contributed by atoms with Crippen molar-refractivity contribution in [2.45, 2.75) is 13.5 Å². The van der Waals surface area contributed by atoms with Gasteiger partial charge in [0.1, 0.15) is 6.61 Å². The second-order valence-corrected chi connectivity index (χ2v) is 3.76. The van der Waals surface area contributed by atoms with E-state index in [4.69, 9.17) is 9.47 Å². The molecule has 17 heavy (non-hydrogen) atoms. The minimum atomic E-state index is 0.488. The summed E-state index contributed by atoms with van der Waals surface area (Å²) in [6.07, 6.45) is 1.81. The summed E-state index contributed by atoms with van der Waals surface area (Å²) in [4.78, 5) is 0. The normalized spacial score (nSPS) is 10.8. The molecular formula is C15H18O2. The summed E-state index contributed by atoms with van der Waals surface area (Å²) in [6.45, 7) is 9.98. The lowest BCUT2D eigenvalue weighted by molar-refractivity contribution is 0.167. The van der Waals surface area contributed by atoms with Crippen LogP contribution in [0.2, 0.25) is 0 Å². The Morgan fingerprint density at radius 1 is 1.24 bits per heavy atom. The molecule has 0 aromatic heterocycles. The van der Waals surface area contributed by atoms with Gasteiger partial charge in [-0.05, 0) is 18.6 Å². The third-order valence-electron chi connectivity index (χ3n) is 2.14. The number of hydrogen-bond acceptors (Lipinski definition) is 2. The molecule has 0 saturated heterocycles. The van der Waals surface area contributed by atoms with E-state index in [1.165, 1.54) is 0 Å². The Morgan fingerprint density at radius 3 is 2.41 bits per heavy atom. The predicted molar refractivity (Wildman–Crippen MR) is 70.3 cm³/mol. The van der Waals surface area contributed by atoms with Gasteiger partial charge in [-0.25, -0.2) is 0 Å². The van der Waals surface area contributed by atoms with Gasteiger partial charge in [0.25, 0.3) is 0 Å². The highest BCUT2D eigenvalue weighted by molar-refractivity contribution is 5.26. The standard InChI is InChI=1S/C15H18O2/c1-12(2)10-15(13(3)16-4)17-11-14-8-6-5-7-9-14/h5-10H,1,3,11H2,2,4H3/b15-10+. The van der Waals surface area contributed by atoms with Gasteiger partial charge >= 0.3 is 0 Å². The van der Waals surface area contributed by atoms with E-state index in [2.05, 4.69) is 13.2 Å². The minimum Gasteiger partial charge on any atom is -0.493 e. The maximum atomic E-state index is 5.67. The third kappa shape index (κ3) is 4.60. The summed E-state index contributed by atoms with van der Waals surface area (Å²) >= 11 is 0. The Bertz CT molecular complexity index is 416. The van der Waals surface area contributed by atoms with Gasteiger partial charge in [-0.3, -0.25) is 0 Å². The van der Waals surface area contributed by atoms with Crippen molar-refractivity contribution in [3.05, 3.63) is 72.2 Å². The summed E-state index contributed by atoms with van der Waals surface area (Å²) in [5.74, 6) is 1.12. The lowest BCUT2D eigenvalue weighted by Crippen LogP contribution is -1.98. The lowest BCUT2D eigenvalue weighted by atomic mass is 10.2. The second kappa shape index (κ2) is 6.59. The Balaban J connectivity index is 2.68. The first kappa shape index (κ1) is 13.1. The molecule has 90 valence electrons. The van der Waals surface area contributed by atoms with Crippen molar-refractivity contribution >= 4 is 0 Å². The Labute approximate surface area is 103 Å². The summed E-state index contributed by atoms with van der Waals surface area (Å²) < 4.78 is 10.7. The minimum absolute atomic E-state index is 0.488. The molecule has 0 N–H and O–H groups in total. The van der Waals surface area contributed by atoms with Crippen molar-refractivity contribution in [3.8, 4) is 0 Å². The van der Waals surface area contributed by atoms with Crippen molar-refractivity contribution in [1.82, 2.24) is 0 Å². The zero-order valence-corrected chi connectivity index (χ0v) is 10.4. The number of allylic oxidation sites excluding steroid dienone is 2. The van der Waals surface area contributed by atoms with E-state index in [1.54, 1.807) is 7.11 Å². The molecule has 1 aromatic rings. The molecule has 0 atom stereocenters. The average Bonchev–Trinajstić information content (AvgIpc) is 2.34. The zero-order chi connectivity index (χ0) is 12.7. The molecule has 0 aliphatic rings. The van der Waals surface area contributed by atoms with E-state index in [0.717, 1.165) is 11.1 Å². The molecule has 2 heteroatoms. The van der Waals surface area contributed by atoms with E-state index in [0.29, 0.717) is 18.1 Å². The zero-order valence-electron chi connectivity index (χ0n) is 10.4. The number of methoxy groups -OCH3 is 1. The van der Waals surface area contributed by atoms with E-state index in [1.807, 2.05) is 43.3 Å². The molecule has 0 aliphatic carbocycles. The van der Waals surface area contributed by atoms with Crippen molar-refractivity contribution < 1.29 is 9.47 Å². The SMILES string of the molecule is C=C(C)/C=C(/OCc1ccccc1)C(=C)OC. The largest absolute Gasteiger partial charge is 0.493 e. The van der Waals surface area contributed by atoms with Crippen LogP contribution in [-0.4, -0.2) is 7.11 Å². The molecular weight excluding hydrogens is 212 g/mol. The Morgan fingerprint density at radius 2 is 1.88 bits per heavy atom. The van der Waals surface area contributed by atoms with Gasteiger partial charge in [0.15, 0.2) is 11.5 Å². The summed E-state index contributed by atoms with van der Waals surface area (Å²) in [5.41, 5.74) is 2.00. The van der Waals surface area contributed by atoms with E-state index in [9.17, 15) is 0 Å². The second-order valence-electron chi connectivity index (χ2n) is 3.76. The summed E-state index contributed by atoms with van der Waals surface area (Å²) in [6, 6.07) is 9.95. The molecule has 0 amide bonds. The molecule has 0 radical (unpaired) electrons. The molecule has 0 fully saturated rings. The molecule has 0 heterocycles. The molecule has 0 saturated carbocycles. The predicted octanol–water partition coefficient (Wildman–Crippen LogP) is 3.82. The maximum absolute atomic E-state index is 5.67. The first-order chi connectivity index (χ1) is 8.13. The smallest absolute Gasteiger partial charge is 0.161 e. The first-order valence-electron chi connectivity index (χ1n) is 5.40. The van der Waals surface area contributed by atoms with Gasteiger partial charge < -0.3 is 9.47 Å². The van der Waals surface area contributed by atoms with Crippen molar-refractivity contribution in [2.75, 3.05) is 7.11 Å². The number of ether oxygens (including phenoxy) is 2. The quantitative estimate of drug-likeness (QED) is 0.546. The van der Waals surface area contributed by atoms with Gasteiger partial charge in [-0.2, -0.15) is 0 Å². The van der Waals surface area contributed by atoms with Gasteiger partial charge in [0.2, 0.25) is 0 Å². The van der Waals surface area contributed by atoms with Crippen LogP contribution < -0.4 is 0 Å².